The van der Waals surface area contributed by atoms with Crippen LogP contribution in [0.4, 0.5) is 23.2 Å². The van der Waals surface area contributed by atoms with Crippen LogP contribution < -0.4 is 5.73 Å². The molecule has 0 aliphatic rings. The van der Waals surface area contributed by atoms with Crippen LogP contribution in [0.1, 0.15) is 10.4 Å². The molecule has 0 spiro atoms. The highest BCUT2D eigenvalue weighted by Crippen LogP contribution is 2.23. The second-order valence-electron chi connectivity index (χ2n) is 3.66. The molecule has 1 rings (SSSR count). The Morgan fingerprint density at radius 3 is 2.55 bits per heavy atom. The van der Waals surface area contributed by atoms with Crippen molar-refractivity contribution in [1.29, 1.82) is 0 Å². The normalized spacial score (nSPS) is 11.4. The number of anilines is 1. The Labute approximate surface area is 120 Å². The van der Waals surface area contributed by atoms with Crippen LogP contribution in [0.3, 0.4) is 0 Å². The maximum absolute atomic E-state index is 13.1. The molecule has 0 bridgehead atoms. The van der Waals surface area contributed by atoms with Crippen molar-refractivity contribution in [2.45, 2.75) is 6.18 Å². The van der Waals surface area contributed by atoms with E-state index >= 15 is 0 Å². The lowest BCUT2D eigenvalue weighted by atomic mass is 10.2. The molecule has 0 unspecified atom stereocenters. The summed E-state index contributed by atoms with van der Waals surface area (Å²) in [5, 5.41) is 0. The Balaban J connectivity index is 2.46. The van der Waals surface area contributed by atoms with Crippen molar-refractivity contribution in [3.8, 4) is 0 Å². The molecule has 0 amide bonds. The van der Waals surface area contributed by atoms with Gasteiger partial charge < -0.3 is 15.2 Å². The highest BCUT2D eigenvalue weighted by Gasteiger charge is 2.27. The minimum Gasteiger partial charge on any atom is -0.460 e. The molecule has 0 atom stereocenters. The average Bonchev–Trinajstić information content (AvgIpc) is 2.31. The number of rotatable bonds is 5. The quantitative estimate of drug-likeness (QED) is 0.380. The lowest BCUT2D eigenvalue weighted by molar-refractivity contribution is -0.175. The molecule has 1 aromatic rings. The molecule has 0 radical (unpaired) electrons. The first-order valence-corrected chi connectivity index (χ1v) is 6.06. The highest BCUT2D eigenvalue weighted by molar-refractivity contribution is 9.10. The summed E-state index contributed by atoms with van der Waals surface area (Å²) in [4.78, 5) is 11.6. The zero-order valence-corrected chi connectivity index (χ0v) is 11.6. The number of nitrogen functional groups attached to an aromatic ring is 1. The van der Waals surface area contributed by atoms with Gasteiger partial charge in [-0.25, -0.2) is 9.18 Å². The van der Waals surface area contributed by atoms with Crippen molar-refractivity contribution in [1.82, 2.24) is 0 Å². The van der Waals surface area contributed by atoms with E-state index in [9.17, 15) is 22.4 Å². The van der Waals surface area contributed by atoms with Crippen molar-refractivity contribution in [2.75, 3.05) is 25.6 Å². The molecular formula is C11H10BrF4NO3. The van der Waals surface area contributed by atoms with Crippen LogP contribution in [-0.4, -0.2) is 32.0 Å². The highest BCUT2D eigenvalue weighted by atomic mass is 79.9. The van der Waals surface area contributed by atoms with Crippen LogP contribution in [0.15, 0.2) is 16.6 Å². The Bertz CT molecular complexity index is 493. The molecule has 112 valence electrons. The molecule has 1 aromatic carbocycles. The Morgan fingerprint density at radius 2 is 1.95 bits per heavy atom. The van der Waals surface area contributed by atoms with Crippen molar-refractivity contribution in [3.63, 3.8) is 0 Å². The zero-order chi connectivity index (χ0) is 15.3. The van der Waals surface area contributed by atoms with E-state index in [1.165, 1.54) is 0 Å². The second-order valence-corrected chi connectivity index (χ2v) is 4.51. The van der Waals surface area contributed by atoms with Crippen molar-refractivity contribution < 1.29 is 31.8 Å². The number of ether oxygens (including phenoxy) is 2. The van der Waals surface area contributed by atoms with Gasteiger partial charge in [-0.3, -0.25) is 0 Å². The van der Waals surface area contributed by atoms with Crippen molar-refractivity contribution in [3.05, 3.63) is 28.0 Å². The lowest BCUT2D eigenvalue weighted by Crippen LogP contribution is -2.20. The number of carbonyl (C=O) groups excluding carboxylic acids is 1. The standard InChI is InChI=1S/C11H10BrF4NO3/c12-7-4-8(13)9(17)3-6(7)10(18)20-2-1-19-5-11(14,15)16/h3-4H,1-2,5,17H2. The number of alkyl halides is 3. The summed E-state index contributed by atoms with van der Waals surface area (Å²) in [5.41, 5.74) is 5.03. The average molecular weight is 360 g/mol. The summed E-state index contributed by atoms with van der Waals surface area (Å²) in [5.74, 6) is -1.55. The Morgan fingerprint density at radius 1 is 1.30 bits per heavy atom. The first-order valence-electron chi connectivity index (χ1n) is 5.27. The van der Waals surface area contributed by atoms with Gasteiger partial charge in [0.2, 0.25) is 0 Å². The molecule has 0 aliphatic heterocycles. The van der Waals surface area contributed by atoms with Gasteiger partial charge in [-0.05, 0) is 28.1 Å². The topological polar surface area (TPSA) is 61.6 Å². The van der Waals surface area contributed by atoms with Gasteiger partial charge in [-0.2, -0.15) is 13.2 Å². The van der Waals surface area contributed by atoms with E-state index in [4.69, 9.17) is 5.73 Å². The SMILES string of the molecule is Nc1cc(C(=O)OCCOCC(F)(F)F)c(Br)cc1F. The Kier molecular flexibility index (Phi) is 5.75. The summed E-state index contributed by atoms with van der Waals surface area (Å²) >= 11 is 2.95. The van der Waals surface area contributed by atoms with Gasteiger partial charge in [0.25, 0.3) is 0 Å². The summed E-state index contributed by atoms with van der Waals surface area (Å²) < 4.78 is 57.4. The number of carbonyl (C=O) groups is 1. The number of hydrogen-bond acceptors (Lipinski definition) is 4. The molecule has 9 heteroatoms. The van der Waals surface area contributed by atoms with Crippen LogP contribution in [0.5, 0.6) is 0 Å². The Hall–Kier alpha value is -1.35. The molecule has 20 heavy (non-hydrogen) atoms. The van der Waals surface area contributed by atoms with Gasteiger partial charge in [0.1, 0.15) is 19.0 Å². The maximum Gasteiger partial charge on any atom is 0.411 e. The first kappa shape index (κ1) is 16.7. The number of hydrogen-bond donors (Lipinski definition) is 1. The summed E-state index contributed by atoms with van der Waals surface area (Å²) in [6.45, 7) is -2.18. The van der Waals surface area contributed by atoms with Crippen LogP contribution >= 0.6 is 15.9 Å². The van der Waals surface area contributed by atoms with E-state index in [1.807, 2.05) is 0 Å². The first-order chi connectivity index (χ1) is 9.20. The van der Waals surface area contributed by atoms with Crippen molar-refractivity contribution >= 4 is 27.6 Å². The fraction of sp³-hybridized carbons (Fsp3) is 0.364. The van der Waals surface area contributed by atoms with Gasteiger partial charge in [0.15, 0.2) is 0 Å². The van der Waals surface area contributed by atoms with Crippen LogP contribution in [0.25, 0.3) is 0 Å². The van der Waals surface area contributed by atoms with Crippen molar-refractivity contribution in [2.24, 2.45) is 0 Å². The van der Waals surface area contributed by atoms with Crippen LogP contribution in [0.2, 0.25) is 0 Å². The largest absolute Gasteiger partial charge is 0.460 e. The smallest absolute Gasteiger partial charge is 0.411 e. The van der Waals surface area contributed by atoms with Gasteiger partial charge in [0.05, 0.1) is 17.9 Å². The van der Waals surface area contributed by atoms with Gasteiger partial charge in [0, 0.05) is 4.47 Å². The van der Waals surface area contributed by atoms with E-state index in [0.717, 1.165) is 12.1 Å². The number of halogens is 5. The molecular weight excluding hydrogens is 350 g/mol. The zero-order valence-electron chi connectivity index (χ0n) is 9.97. The minimum absolute atomic E-state index is 0.0280. The fourth-order valence-electron chi connectivity index (χ4n) is 1.18. The van der Waals surface area contributed by atoms with E-state index < -0.39 is 31.2 Å². The minimum atomic E-state index is -4.43. The molecule has 0 aromatic heterocycles. The molecule has 0 fully saturated rings. The third kappa shape index (κ3) is 5.33. The maximum atomic E-state index is 13.1. The molecule has 0 aliphatic carbocycles. The monoisotopic (exact) mass is 359 g/mol. The predicted molar refractivity (Wildman–Crippen MR) is 65.7 cm³/mol. The number of nitrogens with two attached hydrogens (primary N) is 1. The predicted octanol–water partition coefficient (Wildman–Crippen LogP) is 2.91. The third-order valence-electron chi connectivity index (χ3n) is 2.03. The summed E-state index contributed by atoms with van der Waals surface area (Å²) in [6.07, 6.45) is -4.43. The fourth-order valence-corrected chi connectivity index (χ4v) is 1.66. The molecule has 2 N–H and O–H groups in total. The number of esters is 1. The van der Waals surface area contributed by atoms with E-state index in [2.05, 4.69) is 25.4 Å². The van der Waals surface area contributed by atoms with Crippen LogP contribution in [-0.2, 0) is 9.47 Å². The molecule has 0 heterocycles. The molecule has 4 nitrogen and oxygen atoms in total. The van der Waals surface area contributed by atoms with Gasteiger partial charge in [-0.1, -0.05) is 0 Å². The third-order valence-corrected chi connectivity index (χ3v) is 2.69. The van der Waals surface area contributed by atoms with Crippen LogP contribution in [0, 0.1) is 5.82 Å². The van der Waals surface area contributed by atoms with E-state index in [1.54, 1.807) is 0 Å². The van der Waals surface area contributed by atoms with Gasteiger partial charge in [-0.15, -0.1) is 0 Å². The lowest BCUT2D eigenvalue weighted by Gasteiger charge is -2.09. The summed E-state index contributed by atoms with van der Waals surface area (Å²) in [6, 6.07) is 2.06. The molecule has 0 saturated carbocycles. The molecule has 0 saturated heterocycles. The summed E-state index contributed by atoms with van der Waals surface area (Å²) in [7, 11) is 0. The van der Waals surface area contributed by atoms with E-state index in [0.29, 0.717) is 0 Å². The van der Waals surface area contributed by atoms with Gasteiger partial charge >= 0.3 is 12.1 Å². The number of benzene rings is 1. The second kappa shape index (κ2) is 6.89. The van der Waals surface area contributed by atoms with E-state index in [-0.39, 0.29) is 22.3 Å².